The van der Waals surface area contributed by atoms with E-state index in [4.69, 9.17) is 4.42 Å². The van der Waals surface area contributed by atoms with E-state index in [-0.39, 0.29) is 5.63 Å². The Hall–Kier alpha value is -1.81. The molecule has 0 saturated carbocycles. The number of nitrogens with zero attached hydrogens (tertiary/aromatic N) is 1. The molecule has 0 aliphatic carbocycles. The van der Waals surface area contributed by atoms with Crippen molar-refractivity contribution in [3.63, 3.8) is 0 Å². The van der Waals surface area contributed by atoms with Crippen LogP contribution in [0.2, 0.25) is 0 Å². The Morgan fingerprint density at radius 1 is 1.29 bits per heavy atom. The molecule has 2 aromatic rings. The monoisotopic (exact) mass is 232 g/mol. The maximum absolute atomic E-state index is 11.4. The van der Waals surface area contributed by atoms with Gasteiger partial charge in [0.25, 0.3) is 0 Å². The zero-order valence-electron chi connectivity index (χ0n) is 10.1. The van der Waals surface area contributed by atoms with Crippen LogP contribution in [-0.4, -0.2) is 32.1 Å². The third-order valence-corrected chi connectivity index (χ3v) is 2.52. The first-order chi connectivity index (χ1) is 8.16. The molecule has 17 heavy (non-hydrogen) atoms. The van der Waals surface area contributed by atoms with Gasteiger partial charge in [-0.1, -0.05) is 12.1 Å². The molecule has 0 amide bonds. The van der Waals surface area contributed by atoms with Crippen LogP contribution >= 0.6 is 0 Å². The largest absolute Gasteiger partial charge is 0.423 e. The van der Waals surface area contributed by atoms with Gasteiger partial charge < -0.3 is 14.6 Å². The molecule has 0 fully saturated rings. The molecule has 0 unspecified atom stereocenters. The number of fused-ring (bicyclic) bond motifs is 1. The van der Waals surface area contributed by atoms with Crippen molar-refractivity contribution in [3.8, 4) is 0 Å². The van der Waals surface area contributed by atoms with E-state index in [0.717, 1.165) is 24.2 Å². The molecule has 1 aromatic carbocycles. The predicted molar refractivity (Wildman–Crippen MR) is 69.5 cm³/mol. The van der Waals surface area contributed by atoms with Gasteiger partial charge >= 0.3 is 5.63 Å². The molecule has 1 N–H and O–H groups in total. The van der Waals surface area contributed by atoms with Crippen LogP contribution < -0.4 is 10.9 Å². The standard InChI is InChI=1S/C13H16N2O2/c1-15(2)8-7-14-11-9-13(16)17-12-6-4-3-5-10(11)12/h3-6,9,14H,7-8H2,1-2H3. The van der Waals surface area contributed by atoms with E-state index < -0.39 is 0 Å². The minimum atomic E-state index is -0.323. The summed E-state index contributed by atoms with van der Waals surface area (Å²) in [5.74, 6) is 0. The van der Waals surface area contributed by atoms with Crippen LogP contribution in [0.1, 0.15) is 0 Å². The minimum absolute atomic E-state index is 0.323. The average Bonchev–Trinajstić information content (AvgIpc) is 2.28. The number of nitrogens with one attached hydrogen (secondary N) is 1. The molecular formula is C13H16N2O2. The number of benzene rings is 1. The molecule has 4 nitrogen and oxygen atoms in total. The zero-order chi connectivity index (χ0) is 12.3. The van der Waals surface area contributed by atoms with E-state index in [2.05, 4.69) is 10.2 Å². The second-order valence-corrected chi connectivity index (χ2v) is 4.21. The number of hydrogen-bond acceptors (Lipinski definition) is 4. The molecule has 0 bridgehead atoms. The Morgan fingerprint density at radius 2 is 2.06 bits per heavy atom. The van der Waals surface area contributed by atoms with E-state index >= 15 is 0 Å². The van der Waals surface area contributed by atoms with Gasteiger partial charge in [-0.15, -0.1) is 0 Å². The second kappa shape index (κ2) is 5.01. The van der Waals surface area contributed by atoms with Crippen molar-refractivity contribution in [3.05, 3.63) is 40.8 Å². The summed E-state index contributed by atoms with van der Waals surface area (Å²) in [5, 5.41) is 4.19. The van der Waals surface area contributed by atoms with Crippen LogP contribution in [0.25, 0.3) is 11.0 Å². The lowest BCUT2D eigenvalue weighted by Gasteiger charge is -2.12. The molecular weight excluding hydrogens is 216 g/mol. The van der Waals surface area contributed by atoms with Crippen LogP contribution in [0.4, 0.5) is 5.69 Å². The fourth-order valence-electron chi connectivity index (χ4n) is 1.67. The fourth-order valence-corrected chi connectivity index (χ4v) is 1.67. The van der Waals surface area contributed by atoms with Gasteiger partial charge in [-0.3, -0.25) is 0 Å². The summed E-state index contributed by atoms with van der Waals surface area (Å²) >= 11 is 0. The summed E-state index contributed by atoms with van der Waals surface area (Å²) in [5.41, 5.74) is 1.13. The van der Waals surface area contributed by atoms with Crippen molar-refractivity contribution < 1.29 is 4.42 Å². The Morgan fingerprint density at radius 3 is 2.82 bits per heavy atom. The van der Waals surface area contributed by atoms with Gasteiger partial charge in [0.15, 0.2) is 0 Å². The van der Waals surface area contributed by atoms with E-state index in [9.17, 15) is 4.79 Å². The quantitative estimate of drug-likeness (QED) is 0.816. The molecule has 2 rings (SSSR count). The lowest BCUT2D eigenvalue weighted by Crippen LogP contribution is -2.21. The predicted octanol–water partition coefficient (Wildman–Crippen LogP) is 1.77. The van der Waals surface area contributed by atoms with Crippen molar-refractivity contribution in [2.24, 2.45) is 0 Å². The van der Waals surface area contributed by atoms with Gasteiger partial charge in [0.1, 0.15) is 5.58 Å². The summed E-state index contributed by atoms with van der Waals surface area (Å²) < 4.78 is 5.12. The average molecular weight is 232 g/mol. The first kappa shape index (κ1) is 11.7. The SMILES string of the molecule is CN(C)CCNc1cc(=O)oc2ccccc12. The van der Waals surface area contributed by atoms with Gasteiger partial charge in [-0.25, -0.2) is 4.79 Å². The van der Waals surface area contributed by atoms with E-state index in [1.807, 2.05) is 32.3 Å². The highest BCUT2D eigenvalue weighted by Gasteiger charge is 2.03. The molecule has 90 valence electrons. The molecule has 0 radical (unpaired) electrons. The number of anilines is 1. The fraction of sp³-hybridized carbons (Fsp3) is 0.308. The van der Waals surface area contributed by atoms with Gasteiger partial charge in [0.05, 0.1) is 5.69 Å². The smallest absolute Gasteiger partial charge is 0.338 e. The van der Waals surface area contributed by atoms with Crippen molar-refractivity contribution >= 4 is 16.7 Å². The Balaban J connectivity index is 2.29. The summed E-state index contributed by atoms with van der Waals surface area (Å²) in [6.45, 7) is 1.70. The molecule has 4 heteroatoms. The topological polar surface area (TPSA) is 45.5 Å². The third-order valence-electron chi connectivity index (χ3n) is 2.52. The van der Waals surface area contributed by atoms with Crippen LogP contribution in [0.15, 0.2) is 39.5 Å². The van der Waals surface area contributed by atoms with E-state index in [1.54, 1.807) is 6.07 Å². The molecule has 1 heterocycles. The first-order valence-electron chi connectivity index (χ1n) is 5.58. The zero-order valence-corrected chi connectivity index (χ0v) is 10.1. The Kier molecular flexibility index (Phi) is 3.44. The number of likely N-dealkylation sites (N-methyl/N-ethyl adjacent to an activating group) is 1. The highest BCUT2D eigenvalue weighted by atomic mass is 16.4. The first-order valence-corrected chi connectivity index (χ1v) is 5.58. The van der Waals surface area contributed by atoms with Crippen LogP contribution in [-0.2, 0) is 0 Å². The van der Waals surface area contributed by atoms with E-state index in [1.165, 1.54) is 6.07 Å². The minimum Gasteiger partial charge on any atom is -0.423 e. The van der Waals surface area contributed by atoms with Crippen molar-refractivity contribution in [2.45, 2.75) is 0 Å². The number of para-hydroxylation sites is 1. The van der Waals surface area contributed by atoms with Gasteiger partial charge in [0.2, 0.25) is 0 Å². The summed E-state index contributed by atoms with van der Waals surface area (Å²) in [4.78, 5) is 13.5. The number of hydrogen-bond donors (Lipinski definition) is 1. The van der Waals surface area contributed by atoms with Crippen molar-refractivity contribution in [2.75, 3.05) is 32.5 Å². The van der Waals surface area contributed by atoms with Gasteiger partial charge in [-0.05, 0) is 26.2 Å². The van der Waals surface area contributed by atoms with Crippen LogP contribution in [0.5, 0.6) is 0 Å². The lowest BCUT2D eigenvalue weighted by molar-refractivity contribution is 0.425. The molecule has 0 aliphatic heterocycles. The summed E-state index contributed by atoms with van der Waals surface area (Å²) in [6.07, 6.45) is 0. The molecule has 0 saturated heterocycles. The van der Waals surface area contributed by atoms with Crippen LogP contribution in [0.3, 0.4) is 0 Å². The molecule has 0 atom stereocenters. The second-order valence-electron chi connectivity index (χ2n) is 4.21. The molecule has 1 aromatic heterocycles. The van der Waals surface area contributed by atoms with Crippen molar-refractivity contribution in [1.29, 1.82) is 0 Å². The van der Waals surface area contributed by atoms with Gasteiger partial charge in [0, 0.05) is 24.5 Å². The molecule has 0 aliphatic rings. The van der Waals surface area contributed by atoms with Crippen molar-refractivity contribution in [1.82, 2.24) is 4.90 Å². The van der Waals surface area contributed by atoms with Crippen LogP contribution in [0, 0.1) is 0 Å². The normalized spacial score (nSPS) is 11.0. The highest BCUT2D eigenvalue weighted by Crippen LogP contribution is 2.20. The maximum Gasteiger partial charge on any atom is 0.338 e. The number of rotatable bonds is 4. The summed E-state index contributed by atoms with van der Waals surface area (Å²) in [6, 6.07) is 9.02. The Labute approximate surface area is 99.8 Å². The molecule has 0 spiro atoms. The van der Waals surface area contributed by atoms with Gasteiger partial charge in [-0.2, -0.15) is 0 Å². The summed E-state index contributed by atoms with van der Waals surface area (Å²) in [7, 11) is 4.03. The lowest BCUT2D eigenvalue weighted by atomic mass is 10.2. The highest BCUT2D eigenvalue weighted by molar-refractivity contribution is 5.89. The van der Waals surface area contributed by atoms with E-state index in [0.29, 0.717) is 5.58 Å². The Bertz CT molecular complexity index is 561. The third kappa shape index (κ3) is 2.85. The maximum atomic E-state index is 11.4.